The summed E-state index contributed by atoms with van der Waals surface area (Å²) in [7, 11) is 0. The van der Waals surface area contributed by atoms with Crippen molar-refractivity contribution in [3.63, 3.8) is 0 Å². The number of ketones is 1. The van der Waals surface area contributed by atoms with Gasteiger partial charge in [0, 0.05) is 37.5 Å². The molecule has 0 saturated heterocycles. The predicted octanol–water partition coefficient (Wildman–Crippen LogP) is 1.37. The van der Waals surface area contributed by atoms with Gasteiger partial charge in [-0.25, -0.2) is 0 Å². The molecule has 8 heteroatoms. The third-order valence-electron chi connectivity index (χ3n) is 9.66. The highest BCUT2D eigenvalue weighted by atomic mass is 16.6. The van der Waals surface area contributed by atoms with E-state index in [0.29, 0.717) is 6.42 Å². The molecule has 0 aliphatic heterocycles. The second-order valence-electron chi connectivity index (χ2n) is 11.5. The van der Waals surface area contributed by atoms with E-state index in [9.17, 15) is 29.7 Å². The number of aliphatic hydroxyl groups is 3. The summed E-state index contributed by atoms with van der Waals surface area (Å²) in [6, 6.07) is 0. The summed E-state index contributed by atoms with van der Waals surface area (Å²) in [5, 5.41) is 34.4. The van der Waals surface area contributed by atoms with Crippen molar-refractivity contribution in [3.8, 4) is 0 Å². The summed E-state index contributed by atoms with van der Waals surface area (Å²) in [6.45, 7) is 10.3. The van der Waals surface area contributed by atoms with Crippen molar-refractivity contribution in [2.75, 3.05) is 0 Å². The summed E-state index contributed by atoms with van der Waals surface area (Å²) in [5.41, 5.74) is -4.63. The fraction of sp³-hybridized carbons (Fsp3) is 0.875. The lowest BCUT2D eigenvalue weighted by Crippen LogP contribution is -2.75. The Hall–Kier alpha value is -1.51. The number of carbonyl (C=O) groups is 3. The maximum atomic E-state index is 13.8. The highest BCUT2D eigenvalue weighted by Crippen LogP contribution is 2.72. The number of aliphatic hydroxyl groups excluding tert-OH is 2. The maximum absolute atomic E-state index is 13.8. The SMILES string of the molecule is CC(=O)O[C@@H]1C[C@@]2(O)[C@@H](C)C(=O)[C@]3([C@H](O)C[C@@H]4C(C)(C)CC[C@@H](OC(C)=O)[C@@]4(C)[C@H]13)[C@H]2O. The number of Topliss-reactive ketones (excluding diaryl/α,β-unsaturated/α-hetero) is 1. The molecule has 0 amide bonds. The van der Waals surface area contributed by atoms with Gasteiger partial charge in [0.05, 0.1) is 17.6 Å². The van der Waals surface area contributed by atoms with Crippen molar-refractivity contribution in [1.82, 2.24) is 0 Å². The third kappa shape index (κ3) is 2.69. The zero-order valence-electron chi connectivity index (χ0n) is 19.8. The largest absolute Gasteiger partial charge is 0.462 e. The van der Waals surface area contributed by atoms with Crippen LogP contribution in [0, 0.1) is 34.0 Å². The number of hydrogen-bond donors (Lipinski definition) is 3. The average Bonchev–Trinajstić information content (AvgIpc) is 2.75. The zero-order chi connectivity index (χ0) is 24.0. The van der Waals surface area contributed by atoms with Gasteiger partial charge in [0.15, 0.2) is 5.78 Å². The molecule has 4 aliphatic rings. The van der Waals surface area contributed by atoms with Crippen molar-refractivity contribution in [3.05, 3.63) is 0 Å². The van der Waals surface area contributed by atoms with Crippen LogP contribution in [0.15, 0.2) is 0 Å². The van der Waals surface area contributed by atoms with E-state index in [-0.39, 0.29) is 24.2 Å². The minimum Gasteiger partial charge on any atom is -0.462 e. The number of hydrogen-bond acceptors (Lipinski definition) is 8. The Labute approximate surface area is 188 Å². The van der Waals surface area contributed by atoms with Crippen LogP contribution in [-0.2, 0) is 23.9 Å². The van der Waals surface area contributed by atoms with E-state index in [1.54, 1.807) is 6.92 Å². The van der Waals surface area contributed by atoms with Gasteiger partial charge in [-0.2, -0.15) is 0 Å². The molecule has 32 heavy (non-hydrogen) atoms. The molecule has 180 valence electrons. The predicted molar refractivity (Wildman–Crippen MR) is 112 cm³/mol. The highest BCUT2D eigenvalue weighted by Gasteiger charge is 2.82. The highest BCUT2D eigenvalue weighted by molar-refractivity contribution is 5.94. The van der Waals surface area contributed by atoms with Gasteiger partial charge in [-0.1, -0.05) is 27.7 Å². The van der Waals surface area contributed by atoms with Crippen LogP contribution in [0.25, 0.3) is 0 Å². The van der Waals surface area contributed by atoms with E-state index >= 15 is 0 Å². The van der Waals surface area contributed by atoms with E-state index in [1.807, 2.05) is 6.92 Å². The zero-order valence-corrected chi connectivity index (χ0v) is 19.8. The number of fused-ring (bicyclic) bond motifs is 3. The van der Waals surface area contributed by atoms with E-state index in [2.05, 4.69) is 13.8 Å². The topological polar surface area (TPSA) is 130 Å². The lowest BCUT2D eigenvalue weighted by atomic mass is 9.38. The summed E-state index contributed by atoms with van der Waals surface area (Å²) in [6.07, 6.45) is -2.81. The Morgan fingerprint density at radius 2 is 1.66 bits per heavy atom. The Bertz CT molecular complexity index is 853. The second kappa shape index (κ2) is 7.00. The van der Waals surface area contributed by atoms with Crippen LogP contribution in [0.2, 0.25) is 0 Å². The number of carbonyl (C=O) groups excluding carboxylic acids is 3. The van der Waals surface area contributed by atoms with Crippen molar-refractivity contribution in [2.45, 2.75) is 97.2 Å². The molecular weight excluding hydrogens is 416 g/mol. The first-order valence-corrected chi connectivity index (χ1v) is 11.6. The van der Waals surface area contributed by atoms with Crippen molar-refractivity contribution in [2.24, 2.45) is 34.0 Å². The fourth-order valence-electron chi connectivity index (χ4n) is 8.39. The van der Waals surface area contributed by atoms with Gasteiger partial charge in [-0.05, 0) is 30.6 Å². The third-order valence-corrected chi connectivity index (χ3v) is 9.66. The first-order valence-electron chi connectivity index (χ1n) is 11.6. The van der Waals surface area contributed by atoms with Crippen LogP contribution < -0.4 is 0 Å². The van der Waals surface area contributed by atoms with Crippen molar-refractivity contribution < 1.29 is 39.2 Å². The number of esters is 2. The van der Waals surface area contributed by atoms with E-state index < -0.39 is 70.4 Å². The van der Waals surface area contributed by atoms with E-state index in [4.69, 9.17) is 9.47 Å². The molecule has 4 rings (SSSR count). The molecule has 3 N–H and O–H groups in total. The summed E-state index contributed by atoms with van der Waals surface area (Å²) >= 11 is 0. The van der Waals surface area contributed by atoms with E-state index in [1.165, 1.54) is 13.8 Å². The molecule has 0 heterocycles. The van der Waals surface area contributed by atoms with Gasteiger partial charge in [0.2, 0.25) is 0 Å². The van der Waals surface area contributed by atoms with Crippen LogP contribution in [0.1, 0.15) is 67.2 Å². The van der Waals surface area contributed by atoms with Crippen LogP contribution in [0.4, 0.5) is 0 Å². The van der Waals surface area contributed by atoms with Gasteiger partial charge in [0.25, 0.3) is 0 Å². The van der Waals surface area contributed by atoms with Crippen LogP contribution in [0.3, 0.4) is 0 Å². The smallest absolute Gasteiger partial charge is 0.302 e. The van der Waals surface area contributed by atoms with Crippen molar-refractivity contribution >= 4 is 17.7 Å². The molecule has 4 fully saturated rings. The summed E-state index contributed by atoms with van der Waals surface area (Å²) in [5.74, 6) is -3.34. The fourth-order valence-corrected chi connectivity index (χ4v) is 8.39. The first-order chi connectivity index (χ1) is 14.6. The summed E-state index contributed by atoms with van der Waals surface area (Å²) < 4.78 is 11.5. The van der Waals surface area contributed by atoms with Gasteiger partial charge >= 0.3 is 11.9 Å². The minimum atomic E-state index is -1.81. The number of ether oxygens (including phenoxy) is 2. The van der Waals surface area contributed by atoms with Crippen LogP contribution >= 0.6 is 0 Å². The van der Waals surface area contributed by atoms with Gasteiger partial charge < -0.3 is 24.8 Å². The molecule has 0 unspecified atom stereocenters. The second-order valence-corrected chi connectivity index (χ2v) is 11.5. The molecule has 0 aromatic rings. The molecule has 2 bridgehead atoms. The van der Waals surface area contributed by atoms with Crippen LogP contribution in [0.5, 0.6) is 0 Å². The first kappa shape index (κ1) is 23.6. The average molecular weight is 453 g/mol. The molecule has 1 spiro atoms. The Kier molecular flexibility index (Phi) is 5.17. The monoisotopic (exact) mass is 452 g/mol. The standard InChI is InChI=1S/C24H36O8/c1-11-19(28)24-16(27)9-15-21(4,5)8-7-17(32-13(3)26)22(15,6)18(24)14(31-12(2)25)10-23(11,30)20(24)29/h11,14-18,20,27,29-30H,7-10H2,1-6H3/t11-,14+,15+,16+,17+,18-,20-,22-,23+,24+/m0/s1. The van der Waals surface area contributed by atoms with Gasteiger partial charge in [-0.3, -0.25) is 14.4 Å². The molecule has 8 nitrogen and oxygen atoms in total. The van der Waals surface area contributed by atoms with Gasteiger partial charge in [-0.15, -0.1) is 0 Å². The summed E-state index contributed by atoms with van der Waals surface area (Å²) in [4.78, 5) is 37.9. The van der Waals surface area contributed by atoms with Gasteiger partial charge in [0.1, 0.15) is 17.8 Å². The quantitative estimate of drug-likeness (QED) is 0.536. The Morgan fingerprint density at radius 3 is 2.22 bits per heavy atom. The normalized spacial score (nSPS) is 51.4. The Morgan fingerprint density at radius 1 is 1.06 bits per heavy atom. The molecule has 0 aromatic carbocycles. The lowest BCUT2D eigenvalue weighted by molar-refractivity contribution is -0.296. The molecule has 0 radical (unpaired) electrons. The van der Waals surface area contributed by atoms with E-state index in [0.717, 1.165) is 6.42 Å². The molecule has 0 aromatic heterocycles. The Balaban J connectivity index is 1.99. The maximum Gasteiger partial charge on any atom is 0.302 e. The molecule has 4 aliphatic carbocycles. The lowest BCUT2D eigenvalue weighted by Gasteiger charge is -2.68. The molecule has 10 atom stereocenters. The minimum absolute atomic E-state index is 0.116. The molecule has 4 saturated carbocycles. The van der Waals surface area contributed by atoms with Crippen LogP contribution in [-0.4, -0.2) is 63.1 Å². The van der Waals surface area contributed by atoms with Crippen molar-refractivity contribution in [1.29, 1.82) is 0 Å². The molecular formula is C24H36O8. The number of rotatable bonds is 2.